The first kappa shape index (κ1) is 7.90. The Hall–Kier alpha value is -0.455. The van der Waals surface area contributed by atoms with Gasteiger partial charge in [-0.2, -0.15) is 0 Å². The van der Waals surface area contributed by atoms with Gasteiger partial charge >= 0.3 is 0 Å². The van der Waals surface area contributed by atoms with Crippen molar-refractivity contribution in [2.45, 2.75) is 37.3 Å². The summed E-state index contributed by atoms with van der Waals surface area (Å²) in [6.45, 7) is 0. The number of hydrogen-bond donors (Lipinski definition) is 0. The Morgan fingerprint density at radius 3 is 2.92 bits per heavy atom. The van der Waals surface area contributed by atoms with Crippen LogP contribution in [0.4, 0.5) is 0 Å². The summed E-state index contributed by atoms with van der Waals surface area (Å²) in [6.07, 6.45) is 15.3. The van der Waals surface area contributed by atoms with Crippen molar-refractivity contribution in [3.63, 3.8) is 0 Å². The molecule has 0 spiro atoms. The fourth-order valence-electron chi connectivity index (χ4n) is 3.70. The molecule has 1 aliphatic heterocycles. The van der Waals surface area contributed by atoms with Gasteiger partial charge in [-0.15, -0.1) is 0 Å². The maximum absolute atomic E-state index is 2.53. The molecule has 0 radical (unpaired) electrons. The first-order valence-corrected chi connectivity index (χ1v) is 5.77. The van der Waals surface area contributed by atoms with Crippen LogP contribution in [0.5, 0.6) is 0 Å². The lowest BCUT2D eigenvalue weighted by Gasteiger charge is -2.27. The van der Waals surface area contributed by atoms with E-state index >= 15 is 0 Å². The van der Waals surface area contributed by atoms with Crippen LogP contribution in [0.2, 0.25) is 11.6 Å². The number of hydrogen-bond acceptors (Lipinski definition) is 0. The van der Waals surface area contributed by atoms with Crippen LogP contribution in [-0.2, 0) is 0 Å². The van der Waals surface area contributed by atoms with Gasteiger partial charge in [0.1, 0.15) is 7.28 Å². The Labute approximate surface area is 81.3 Å². The van der Waals surface area contributed by atoms with Gasteiger partial charge in [0.25, 0.3) is 0 Å². The van der Waals surface area contributed by atoms with Crippen LogP contribution < -0.4 is 0 Å². The number of fused-ring (bicyclic) bond motifs is 3. The van der Waals surface area contributed by atoms with Crippen molar-refractivity contribution < 1.29 is 0 Å². The fourth-order valence-corrected chi connectivity index (χ4v) is 3.70. The molecule has 0 aromatic carbocycles. The van der Waals surface area contributed by atoms with E-state index in [1.54, 1.807) is 0 Å². The second-order valence-electron chi connectivity index (χ2n) is 4.95. The van der Waals surface area contributed by atoms with Gasteiger partial charge in [0.2, 0.25) is 0 Å². The lowest BCUT2D eigenvalue weighted by Crippen LogP contribution is -2.14. The van der Waals surface area contributed by atoms with Crippen molar-refractivity contribution in [1.29, 1.82) is 0 Å². The van der Waals surface area contributed by atoms with Gasteiger partial charge < -0.3 is 0 Å². The van der Waals surface area contributed by atoms with Gasteiger partial charge in [0.05, 0.1) is 0 Å². The molecule has 1 heterocycles. The summed E-state index contributed by atoms with van der Waals surface area (Å²) in [5.74, 6) is 4.03. The second-order valence-corrected chi connectivity index (χ2v) is 4.95. The molecule has 0 aromatic rings. The Bertz CT molecular complexity index is 254. The zero-order valence-electron chi connectivity index (χ0n) is 8.15. The maximum Gasteiger partial charge on any atom is 0.129 e. The smallest absolute Gasteiger partial charge is 0.0889 e. The molecule has 3 rings (SSSR count). The van der Waals surface area contributed by atoms with E-state index in [9.17, 15) is 0 Å². The van der Waals surface area contributed by atoms with E-state index in [1.807, 2.05) is 0 Å². The zero-order chi connectivity index (χ0) is 8.67. The van der Waals surface area contributed by atoms with Crippen molar-refractivity contribution in [1.82, 2.24) is 0 Å². The highest BCUT2D eigenvalue weighted by Gasteiger charge is 2.42. The molecule has 4 atom stereocenters. The molecule has 13 heavy (non-hydrogen) atoms. The molecule has 0 bridgehead atoms. The predicted octanol–water partition coefficient (Wildman–Crippen LogP) is 2.95. The minimum absolute atomic E-state index is 0.948. The SMILES string of the molecule is B1C2CCC=CC2C2CC=CCC12. The van der Waals surface area contributed by atoms with E-state index in [0.717, 1.165) is 23.5 Å². The fraction of sp³-hybridized carbons (Fsp3) is 0.667. The van der Waals surface area contributed by atoms with E-state index in [4.69, 9.17) is 0 Å². The molecular weight excluding hydrogens is 155 g/mol. The average Bonchev–Trinajstić information content (AvgIpc) is 2.56. The van der Waals surface area contributed by atoms with Gasteiger partial charge in [-0.1, -0.05) is 42.4 Å². The molecule has 1 fully saturated rings. The highest BCUT2D eigenvalue weighted by molar-refractivity contribution is 6.41. The Balaban J connectivity index is 1.86. The highest BCUT2D eigenvalue weighted by atomic mass is 14.4. The third-order valence-corrected chi connectivity index (χ3v) is 4.33. The number of rotatable bonds is 0. The van der Waals surface area contributed by atoms with E-state index in [-0.39, 0.29) is 0 Å². The molecule has 0 aromatic heterocycles. The molecule has 2 aliphatic carbocycles. The molecule has 0 nitrogen and oxygen atoms in total. The predicted molar refractivity (Wildman–Crippen MR) is 58.4 cm³/mol. The summed E-state index contributed by atoms with van der Waals surface area (Å²) in [7, 11) is 1.52. The van der Waals surface area contributed by atoms with Gasteiger partial charge in [-0.05, 0) is 31.1 Å². The quantitative estimate of drug-likeness (QED) is 0.389. The topological polar surface area (TPSA) is 0 Å². The van der Waals surface area contributed by atoms with Gasteiger partial charge in [-0.25, -0.2) is 0 Å². The Kier molecular flexibility index (Phi) is 1.85. The molecule has 4 unspecified atom stereocenters. The first-order valence-electron chi connectivity index (χ1n) is 5.77. The lowest BCUT2D eigenvalue weighted by molar-refractivity contribution is 0.372. The molecule has 0 saturated carbocycles. The molecule has 0 amide bonds. The van der Waals surface area contributed by atoms with Crippen LogP contribution in [0.3, 0.4) is 0 Å². The largest absolute Gasteiger partial charge is 0.129 e. The van der Waals surface area contributed by atoms with Crippen molar-refractivity contribution in [3.05, 3.63) is 24.3 Å². The molecule has 1 saturated heterocycles. The minimum Gasteiger partial charge on any atom is -0.0889 e. The number of allylic oxidation sites excluding steroid dienone is 4. The van der Waals surface area contributed by atoms with Crippen molar-refractivity contribution in [2.24, 2.45) is 11.8 Å². The van der Waals surface area contributed by atoms with E-state index < -0.39 is 0 Å². The van der Waals surface area contributed by atoms with Gasteiger partial charge in [0.15, 0.2) is 0 Å². The molecule has 0 N–H and O–H groups in total. The average molecular weight is 172 g/mol. The van der Waals surface area contributed by atoms with Crippen molar-refractivity contribution in [2.75, 3.05) is 0 Å². The molecule has 3 aliphatic rings. The van der Waals surface area contributed by atoms with Crippen LogP contribution >= 0.6 is 0 Å². The summed E-state index contributed by atoms with van der Waals surface area (Å²) in [5.41, 5.74) is 0. The summed E-state index contributed by atoms with van der Waals surface area (Å²) in [6, 6.07) is 0. The molecule has 68 valence electrons. The van der Waals surface area contributed by atoms with Crippen LogP contribution in [-0.4, -0.2) is 7.28 Å². The van der Waals surface area contributed by atoms with Crippen LogP contribution in [0.15, 0.2) is 24.3 Å². The highest BCUT2D eigenvalue weighted by Crippen LogP contribution is 2.52. The maximum atomic E-state index is 2.53. The summed E-state index contributed by atoms with van der Waals surface area (Å²) in [4.78, 5) is 0. The van der Waals surface area contributed by atoms with E-state index in [1.165, 1.54) is 33.0 Å². The third-order valence-electron chi connectivity index (χ3n) is 4.33. The zero-order valence-corrected chi connectivity index (χ0v) is 8.15. The minimum atomic E-state index is 0.948. The third kappa shape index (κ3) is 1.20. The first-order chi connectivity index (χ1) is 6.45. The molecular formula is C12H17B. The van der Waals surface area contributed by atoms with Gasteiger partial charge in [-0.3, -0.25) is 0 Å². The van der Waals surface area contributed by atoms with E-state index in [0.29, 0.717) is 0 Å². The summed E-state index contributed by atoms with van der Waals surface area (Å²) >= 11 is 0. The van der Waals surface area contributed by atoms with Gasteiger partial charge in [0, 0.05) is 0 Å². The summed E-state index contributed by atoms with van der Waals surface area (Å²) in [5, 5.41) is 0. The Morgan fingerprint density at radius 1 is 1.00 bits per heavy atom. The van der Waals surface area contributed by atoms with Crippen molar-refractivity contribution >= 4 is 7.28 Å². The van der Waals surface area contributed by atoms with Crippen LogP contribution in [0.1, 0.15) is 25.7 Å². The second kappa shape index (κ2) is 3.04. The van der Waals surface area contributed by atoms with Crippen molar-refractivity contribution in [3.8, 4) is 0 Å². The lowest BCUT2D eigenvalue weighted by atomic mass is 9.56. The van der Waals surface area contributed by atoms with Crippen LogP contribution in [0, 0.1) is 11.8 Å². The normalized spacial score (nSPS) is 46.8. The monoisotopic (exact) mass is 172 g/mol. The standard InChI is InChI=1S/C12H17B/c1-3-7-11-9(5-1)10-6-2-4-8-12(10)13-11/h1-3,6,9-13H,4-5,7-8H2. The van der Waals surface area contributed by atoms with E-state index in [2.05, 4.69) is 24.3 Å². The summed E-state index contributed by atoms with van der Waals surface area (Å²) < 4.78 is 0. The molecule has 1 heteroatoms. The van der Waals surface area contributed by atoms with Crippen LogP contribution in [0.25, 0.3) is 0 Å². The Morgan fingerprint density at radius 2 is 1.92 bits per heavy atom.